The Hall–Kier alpha value is -1.70. The highest BCUT2D eigenvalue weighted by Crippen LogP contribution is 2.33. The van der Waals surface area contributed by atoms with Crippen LogP contribution in [0.15, 0.2) is 29.4 Å². The maximum Gasteiger partial charge on any atom is 0.276 e. The van der Waals surface area contributed by atoms with Crippen molar-refractivity contribution in [3.05, 3.63) is 40.5 Å². The van der Waals surface area contributed by atoms with Crippen molar-refractivity contribution in [3.8, 4) is 0 Å². The lowest BCUT2D eigenvalue weighted by molar-refractivity contribution is 0.0697. The number of anilines is 1. The number of imidazole rings is 1. The Morgan fingerprint density at radius 1 is 1.39 bits per heavy atom. The Kier molecular flexibility index (Phi) is 3.71. The van der Waals surface area contributed by atoms with Gasteiger partial charge in [0.15, 0.2) is 17.3 Å². The summed E-state index contributed by atoms with van der Waals surface area (Å²) in [6.45, 7) is 2.14. The Morgan fingerprint density at radius 3 is 2.91 bits per heavy atom. The number of fused-ring (bicyclic) bond motifs is 2. The van der Waals surface area contributed by atoms with E-state index in [-0.39, 0.29) is 12.2 Å². The number of benzene rings is 1. The number of nitrogens with zero attached hydrogens (tertiary/aromatic N) is 3. The first kappa shape index (κ1) is 14.9. The van der Waals surface area contributed by atoms with E-state index in [0.29, 0.717) is 29.6 Å². The largest absolute Gasteiger partial charge is 0.327 e. The summed E-state index contributed by atoms with van der Waals surface area (Å²) in [5, 5.41) is 4.85. The lowest BCUT2D eigenvalue weighted by atomic mass is 10.2. The molecule has 1 atom stereocenters. The van der Waals surface area contributed by atoms with Gasteiger partial charge >= 0.3 is 0 Å². The van der Waals surface area contributed by atoms with Gasteiger partial charge in [0, 0.05) is 24.7 Å². The number of aromatic amines is 1. The molecule has 4 rings (SSSR count). The second-order valence-electron chi connectivity index (χ2n) is 5.53. The smallest absolute Gasteiger partial charge is 0.276 e. The lowest BCUT2D eigenvalue weighted by Crippen LogP contribution is -2.56. The first-order valence-corrected chi connectivity index (χ1v) is 8.97. The molecule has 8 heteroatoms. The van der Waals surface area contributed by atoms with Crippen molar-refractivity contribution in [2.24, 2.45) is 0 Å². The molecule has 3 heterocycles. The zero-order chi connectivity index (χ0) is 16.0. The quantitative estimate of drug-likeness (QED) is 0.831. The zero-order valence-corrected chi connectivity index (χ0v) is 14.1. The summed E-state index contributed by atoms with van der Waals surface area (Å²) < 4.78 is 0. The average Bonchev–Trinajstić information content (AvgIpc) is 3.20. The van der Waals surface area contributed by atoms with E-state index in [2.05, 4.69) is 20.2 Å². The third-order valence-electron chi connectivity index (χ3n) is 4.14. The minimum Gasteiger partial charge on any atom is -0.327 e. The van der Waals surface area contributed by atoms with Crippen LogP contribution >= 0.6 is 23.4 Å². The van der Waals surface area contributed by atoms with Crippen molar-refractivity contribution < 1.29 is 4.79 Å². The second kappa shape index (κ2) is 5.74. The number of thioether (sulfide) groups is 1. The van der Waals surface area contributed by atoms with E-state index < -0.39 is 0 Å². The molecule has 0 bridgehead atoms. The highest BCUT2D eigenvalue weighted by molar-refractivity contribution is 7.98. The van der Waals surface area contributed by atoms with Gasteiger partial charge in [0.05, 0.1) is 0 Å². The SMILES string of the molecule is CSc1nc2c([nH]1)C(=O)N1CCNC1N2Cc1ccc(Cl)cc1. The van der Waals surface area contributed by atoms with Gasteiger partial charge in [-0.1, -0.05) is 35.5 Å². The number of halogens is 1. The summed E-state index contributed by atoms with van der Waals surface area (Å²) in [6.07, 6.45) is 1.79. The van der Waals surface area contributed by atoms with Crippen molar-refractivity contribution >= 4 is 35.1 Å². The predicted molar refractivity (Wildman–Crippen MR) is 90.8 cm³/mol. The Bertz CT molecular complexity index is 747. The minimum atomic E-state index is -0.149. The number of aromatic nitrogens is 2. The molecule has 6 nitrogen and oxygen atoms in total. The van der Waals surface area contributed by atoms with E-state index in [1.165, 1.54) is 11.8 Å². The van der Waals surface area contributed by atoms with Gasteiger partial charge in [-0.25, -0.2) is 4.98 Å². The number of amides is 1. The summed E-state index contributed by atoms with van der Waals surface area (Å²) in [5.74, 6) is 0.722. The first-order valence-electron chi connectivity index (χ1n) is 7.37. The van der Waals surface area contributed by atoms with Crippen LogP contribution in [0.1, 0.15) is 16.1 Å². The van der Waals surface area contributed by atoms with E-state index in [4.69, 9.17) is 11.6 Å². The van der Waals surface area contributed by atoms with Crippen LogP contribution in [0.3, 0.4) is 0 Å². The molecule has 0 saturated carbocycles. The maximum atomic E-state index is 12.6. The van der Waals surface area contributed by atoms with Gasteiger partial charge in [-0.05, 0) is 24.0 Å². The van der Waals surface area contributed by atoms with Gasteiger partial charge in [0.2, 0.25) is 0 Å². The molecule has 1 aromatic heterocycles. The monoisotopic (exact) mass is 349 g/mol. The molecular formula is C15H16ClN5OS. The van der Waals surface area contributed by atoms with Crippen LogP contribution < -0.4 is 10.2 Å². The number of carbonyl (C=O) groups excluding carboxylic acids is 1. The van der Waals surface area contributed by atoms with Crippen LogP contribution in [0.4, 0.5) is 5.82 Å². The molecule has 0 radical (unpaired) electrons. The molecule has 23 heavy (non-hydrogen) atoms. The molecule has 1 fully saturated rings. The number of rotatable bonds is 3. The molecule has 1 aromatic carbocycles. The van der Waals surface area contributed by atoms with Gasteiger partial charge in [-0.3, -0.25) is 10.1 Å². The fourth-order valence-electron chi connectivity index (χ4n) is 3.04. The number of hydrogen-bond donors (Lipinski definition) is 2. The number of carbonyl (C=O) groups is 1. The summed E-state index contributed by atoms with van der Waals surface area (Å²) in [4.78, 5) is 24.3. The third kappa shape index (κ3) is 2.49. The highest BCUT2D eigenvalue weighted by Gasteiger charge is 2.42. The molecule has 2 N–H and O–H groups in total. The van der Waals surface area contributed by atoms with E-state index in [1.807, 2.05) is 35.4 Å². The van der Waals surface area contributed by atoms with Gasteiger partial charge < -0.3 is 14.8 Å². The Balaban J connectivity index is 1.73. The molecule has 1 amide bonds. The molecule has 120 valence electrons. The Morgan fingerprint density at radius 2 is 2.17 bits per heavy atom. The van der Waals surface area contributed by atoms with Crippen LogP contribution in [-0.2, 0) is 6.54 Å². The summed E-state index contributed by atoms with van der Waals surface area (Å²) in [6, 6.07) is 7.76. The van der Waals surface area contributed by atoms with E-state index in [1.54, 1.807) is 0 Å². The van der Waals surface area contributed by atoms with E-state index >= 15 is 0 Å². The van der Waals surface area contributed by atoms with Crippen molar-refractivity contribution in [2.45, 2.75) is 18.0 Å². The van der Waals surface area contributed by atoms with Crippen molar-refractivity contribution in [1.29, 1.82) is 0 Å². The average molecular weight is 350 g/mol. The summed E-state index contributed by atoms with van der Waals surface area (Å²) in [5.41, 5.74) is 1.69. The van der Waals surface area contributed by atoms with Gasteiger partial charge in [0.25, 0.3) is 5.91 Å². The van der Waals surface area contributed by atoms with Crippen molar-refractivity contribution in [2.75, 3.05) is 24.2 Å². The number of hydrogen-bond acceptors (Lipinski definition) is 5. The van der Waals surface area contributed by atoms with Crippen LogP contribution in [0.5, 0.6) is 0 Å². The predicted octanol–water partition coefficient (Wildman–Crippen LogP) is 2.13. The number of H-pyrrole nitrogens is 1. The third-order valence-corrected chi connectivity index (χ3v) is 4.97. The maximum absolute atomic E-state index is 12.6. The van der Waals surface area contributed by atoms with Gasteiger partial charge in [0.1, 0.15) is 5.69 Å². The Labute approximate surface area is 143 Å². The minimum absolute atomic E-state index is 0.00940. The van der Waals surface area contributed by atoms with Crippen molar-refractivity contribution in [3.63, 3.8) is 0 Å². The second-order valence-corrected chi connectivity index (χ2v) is 6.76. The highest BCUT2D eigenvalue weighted by atomic mass is 35.5. The first-order chi connectivity index (χ1) is 11.2. The summed E-state index contributed by atoms with van der Waals surface area (Å²) >= 11 is 7.47. The summed E-state index contributed by atoms with van der Waals surface area (Å²) in [7, 11) is 0. The van der Waals surface area contributed by atoms with E-state index in [9.17, 15) is 4.79 Å². The fourth-order valence-corrected chi connectivity index (χ4v) is 3.55. The van der Waals surface area contributed by atoms with E-state index in [0.717, 1.165) is 17.3 Å². The molecule has 2 aromatic rings. The molecular weight excluding hydrogens is 334 g/mol. The van der Waals surface area contributed by atoms with Crippen molar-refractivity contribution in [1.82, 2.24) is 20.2 Å². The molecule has 0 spiro atoms. The van der Waals surface area contributed by atoms with Gasteiger partial charge in [-0.15, -0.1) is 0 Å². The molecule has 2 aliphatic heterocycles. The zero-order valence-electron chi connectivity index (χ0n) is 12.5. The fraction of sp³-hybridized carbons (Fsp3) is 0.333. The molecule has 1 saturated heterocycles. The van der Waals surface area contributed by atoms with Crippen LogP contribution in [-0.4, -0.2) is 46.4 Å². The van der Waals surface area contributed by atoms with Crippen LogP contribution in [0, 0.1) is 0 Å². The van der Waals surface area contributed by atoms with Crippen LogP contribution in [0.2, 0.25) is 5.02 Å². The topological polar surface area (TPSA) is 64.3 Å². The standard InChI is InChI=1S/C15H16ClN5OS/c1-23-14-18-11-12(19-14)21(8-9-2-4-10(16)5-3-9)15-17-6-7-20(15)13(11)22/h2-5,15,17H,6-8H2,1H3,(H,18,19). The lowest BCUT2D eigenvalue weighted by Gasteiger charge is -2.39. The normalized spacial score (nSPS) is 19.9. The van der Waals surface area contributed by atoms with Gasteiger partial charge in [-0.2, -0.15) is 0 Å². The molecule has 0 aliphatic carbocycles. The molecule has 2 aliphatic rings. The molecule has 1 unspecified atom stereocenters. The van der Waals surface area contributed by atoms with Crippen LogP contribution in [0.25, 0.3) is 0 Å². The number of nitrogens with one attached hydrogen (secondary N) is 2.